The zero-order chi connectivity index (χ0) is 21.6. The average molecular weight is 451 g/mol. The van der Waals surface area contributed by atoms with Gasteiger partial charge in [-0.3, -0.25) is 18.4 Å². The topological polar surface area (TPSA) is 144 Å². The first kappa shape index (κ1) is 22.2. The number of carbonyl (C=O) groups excluding carboxylic acids is 1. The average Bonchev–Trinajstić information content (AvgIpc) is 2.85. The summed E-state index contributed by atoms with van der Waals surface area (Å²) in [4.78, 5) is 26.6. The van der Waals surface area contributed by atoms with Gasteiger partial charge in [0.15, 0.2) is 6.23 Å². The highest BCUT2D eigenvalue weighted by atomic mass is 35.5. The summed E-state index contributed by atoms with van der Waals surface area (Å²) in [6.07, 6.45) is -1.45. The number of nitrogens with zero attached hydrogens (tertiary/aromatic N) is 2. The third-order valence-corrected chi connectivity index (χ3v) is 6.60. The first-order valence-corrected chi connectivity index (χ1v) is 11.0. The number of halogens is 1. The first-order valence-electron chi connectivity index (χ1n) is 9.03. The minimum atomic E-state index is -3.89. The van der Waals surface area contributed by atoms with Gasteiger partial charge in [-0.1, -0.05) is 0 Å². The van der Waals surface area contributed by atoms with E-state index in [1.54, 1.807) is 20.8 Å². The van der Waals surface area contributed by atoms with E-state index in [2.05, 4.69) is 10.1 Å². The van der Waals surface area contributed by atoms with Crippen LogP contribution in [0.2, 0.25) is 0 Å². The highest BCUT2D eigenvalue weighted by Gasteiger charge is 2.60. The number of fused-ring (bicyclic) bond motifs is 1. The van der Waals surface area contributed by atoms with Gasteiger partial charge in [0.2, 0.25) is 0 Å². The van der Waals surface area contributed by atoms with Crippen LogP contribution in [0.5, 0.6) is 0 Å². The Balaban J connectivity index is 1.78. The van der Waals surface area contributed by atoms with Crippen molar-refractivity contribution in [2.45, 2.75) is 63.2 Å². The number of carbonyl (C=O) groups is 1. The van der Waals surface area contributed by atoms with E-state index in [0.29, 0.717) is 0 Å². The van der Waals surface area contributed by atoms with Gasteiger partial charge in [0.1, 0.15) is 28.9 Å². The second kappa shape index (κ2) is 7.98. The van der Waals surface area contributed by atoms with Gasteiger partial charge < -0.3 is 15.2 Å². The van der Waals surface area contributed by atoms with E-state index < -0.39 is 48.8 Å². The summed E-state index contributed by atoms with van der Waals surface area (Å²) < 4.78 is 36.2. The van der Waals surface area contributed by atoms with Crippen molar-refractivity contribution in [3.8, 4) is 0 Å². The van der Waals surface area contributed by atoms with Gasteiger partial charge in [-0.2, -0.15) is 4.98 Å². The van der Waals surface area contributed by atoms with Gasteiger partial charge in [0, 0.05) is 6.20 Å². The maximum Gasteiger partial charge on any atom is 0.406 e. The third-order valence-electron chi connectivity index (χ3n) is 4.50. The number of nitrogen functional groups attached to an aromatic ring is 1. The lowest BCUT2D eigenvalue weighted by molar-refractivity contribution is -0.149. The molecule has 0 bridgehead atoms. The Kier molecular flexibility index (Phi) is 6.11. The van der Waals surface area contributed by atoms with Crippen molar-refractivity contribution < 1.29 is 27.9 Å². The van der Waals surface area contributed by atoms with E-state index in [1.807, 2.05) is 0 Å². The van der Waals surface area contributed by atoms with Gasteiger partial charge in [0.25, 0.3) is 0 Å². The van der Waals surface area contributed by atoms with Crippen molar-refractivity contribution in [3.05, 3.63) is 22.7 Å². The number of hydrogen-bond donors (Lipinski definition) is 2. The van der Waals surface area contributed by atoms with Crippen LogP contribution >= 0.6 is 19.3 Å². The quantitative estimate of drug-likeness (QED) is 0.381. The van der Waals surface area contributed by atoms with Crippen molar-refractivity contribution in [1.82, 2.24) is 14.6 Å². The van der Waals surface area contributed by atoms with Gasteiger partial charge in [0.05, 0.1) is 12.7 Å². The molecule has 1 aromatic heterocycles. The molecular formula is C16H24ClN4O7P. The summed E-state index contributed by atoms with van der Waals surface area (Å²) in [7, 11) is -3.89. The Morgan fingerprint density at radius 2 is 2.21 bits per heavy atom. The minimum absolute atomic E-state index is 0.0634. The number of esters is 1. The molecule has 1 aromatic rings. The van der Waals surface area contributed by atoms with Gasteiger partial charge in [-0.15, -0.1) is 11.6 Å². The zero-order valence-corrected chi connectivity index (χ0v) is 18.1. The van der Waals surface area contributed by atoms with Crippen molar-refractivity contribution in [1.29, 1.82) is 0 Å². The molecule has 0 amide bonds. The van der Waals surface area contributed by atoms with Gasteiger partial charge in [-0.05, 0) is 33.8 Å². The summed E-state index contributed by atoms with van der Waals surface area (Å²) in [5.41, 5.74) is 4.88. The molecule has 11 nitrogen and oxygen atoms in total. The normalized spacial score (nSPS) is 35.3. The number of nitrogens with two attached hydrogens (primary N) is 1. The summed E-state index contributed by atoms with van der Waals surface area (Å²) in [6.45, 7) is 6.37. The smallest absolute Gasteiger partial charge is 0.406 e. The molecule has 0 aliphatic carbocycles. The molecule has 3 heterocycles. The molecule has 6 atom stereocenters. The molecule has 3 N–H and O–H groups in total. The van der Waals surface area contributed by atoms with Crippen LogP contribution < -0.4 is 16.5 Å². The predicted molar refractivity (Wildman–Crippen MR) is 103 cm³/mol. The number of ether oxygens (including phenoxy) is 2. The molecule has 2 fully saturated rings. The van der Waals surface area contributed by atoms with Crippen LogP contribution in [0, 0.1) is 0 Å². The van der Waals surface area contributed by atoms with E-state index in [-0.39, 0.29) is 18.5 Å². The molecule has 0 radical (unpaired) electrons. The molecule has 2 aliphatic heterocycles. The summed E-state index contributed by atoms with van der Waals surface area (Å²) in [5, 5.41) is 2.55. The largest absolute Gasteiger partial charge is 0.462 e. The number of rotatable bonds is 5. The maximum atomic E-state index is 13.0. The molecule has 1 unspecified atom stereocenters. The first-order chi connectivity index (χ1) is 13.4. The SMILES string of the molecule is CC(C)OC(=O)[C@@H](C)NP1(=O)OC[C@H]2O[C@@H](n3ccc(N)nc3=O)[C@](C)(Cl)[C@@H]2O1. The molecule has 162 valence electrons. The van der Waals surface area contributed by atoms with Crippen LogP contribution in [0.3, 0.4) is 0 Å². The van der Waals surface area contributed by atoms with Crippen LogP contribution in [-0.4, -0.2) is 51.4 Å². The van der Waals surface area contributed by atoms with E-state index in [0.717, 1.165) is 0 Å². The molecule has 0 saturated carbocycles. The Morgan fingerprint density at radius 1 is 1.52 bits per heavy atom. The number of hydrogen-bond acceptors (Lipinski definition) is 9. The van der Waals surface area contributed by atoms with Crippen molar-refractivity contribution in [2.75, 3.05) is 12.3 Å². The molecule has 2 aliphatic rings. The molecule has 0 aromatic carbocycles. The fraction of sp³-hybridized carbons (Fsp3) is 0.688. The van der Waals surface area contributed by atoms with Crippen molar-refractivity contribution in [3.63, 3.8) is 0 Å². The van der Waals surface area contributed by atoms with Crippen LogP contribution in [0.1, 0.15) is 33.9 Å². The lowest BCUT2D eigenvalue weighted by Gasteiger charge is -2.36. The van der Waals surface area contributed by atoms with Crippen LogP contribution in [0.15, 0.2) is 17.1 Å². The molecule has 13 heteroatoms. The lowest BCUT2D eigenvalue weighted by Crippen LogP contribution is -2.47. The molecule has 0 spiro atoms. The number of anilines is 1. The van der Waals surface area contributed by atoms with Gasteiger partial charge in [-0.25, -0.2) is 14.4 Å². The van der Waals surface area contributed by atoms with E-state index in [9.17, 15) is 14.2 Å². The Labute approximate surface area is 172 Å². The predicted octanol–water partition coefficient (Wildman–Crippen LogP) is 1.17. The molecule has 3 rings (SSSR count). The molecular weight excluding hydrogens is 427 g/mol. The lowest BCUT2D eigenvalue weighted by atomic mass is 10.0. The minimum Gasteiger partial charge on any atom is -0.462 e. The maximum absolute atomic E-state index is 13.0. The second-order valence-corrected chi connectivity index (χ2v) is 9.91. The highest BCUT2D eigenvalue weighted by molar-refractivity contribution is 7.51. The fourth-order valence-electron chi connectivity index (χ4n) is 3.16. The summed E-state index contributed by atoms with van der Waals surface area (Å²) in [6, 6.07) is 0.495. The number of aromatic nitrogens is 2. The van der Waals surface area contributed by atoms with Crippen molar-refractivity contribution >= 4 is 31.1 Å². The van der Waals surface area contributed by atoms with Crippen LogP contribution in [-0.2, 0) is 27.9 Å². The summed E-state index contributed by atoms with van der Waals surface area (Å²) >= 11 is 6.68. The zero-order valence-electron chi connectivity index (χ0n) is 16.4. The van der Waals surface area contributed by atoms with Crippen LogP contribution in [0.25, 0.3) is 0 Å². The van der Waals surface area contributed by atoms with E-state index in [4.69, 9.17) is 35.9 Å². The second-order valence-electron chi connectivity index (χ2n) is 7.38. The van der Waals surface area contributed by atoms with E-state index >= 15 is 0 Å². The summed E-state index contributed by atoms with van der Waals surface area (Å²) in [5.74, 6) is -0.535. The standard InChI is InChI=1S/C16H24ClN4O7P/c1-8(2)26-13(22)9(3)20-29(24)25-7-10-12(28-29)16(4,17)14(27-10)21-6-5-11(18)19-15(21)23/h5-6,8-10,12,14H,7H2,1-4H3,(H,20,24)(H2,18,19,23)/t9-,10-,12-,14-,16-,29?/m1/s1. The Morgan fingerprint density at radius 3 is 2.83 bits per heavy atom. The Bertz CT molecular complexity index is 892. The number of nitrogens with one attached hydrogen (secondary N) is 1. The van der Waals surface area contributed by atoms with Gasteiger partial charge >= 0.3 is 19.4 Å². The van der Waals surface area contributed by atoms with Crippen LogP contribution in [0.4, 0.5) is 5.82 Å². The molecule has 29 heavy (non-hydrogen) atoms. The third kappa shape index (κ3) is 4.50. The fourth-order valence-corrected chi connectivity index (χ4v) is 5.33. The van der Waals surface area contributed by atoms with E-state index in [1.165, 1.54) is 23.8 Å². The number of alkyl halides is 1. The van der Waals surface area contributed by atoms with Crippen molar-refractivity contribution in [2.24, 2.45) is 0 Å². The monoisotopic (exact) mass is 450 g/mol. The highest BCUT2D eigenvalue weighted by Crippen LogP contribution is 2.57. The molecule has 2 saturated heterocycles. The Hall–Kier alpha value is -1.49.